The van der Waals surface area contributed by atoms with E-state index in [4.69, 9.17) is 27.2 Å². The van der Waals surface area contributed by atoms with Gasteiger partial charge in [0, 0.05) is 60.0 Å². The molecule has 0 radical (unpaired) electrons. The van der Waals surface area contributed by atoms with Crippen LogP contribution >= 0.6 is 11.6 Å². The van der Waals surface area contributed by atoms with Crippen LogP contribution < -0.4 is 21.1 Å². The summed E-state index contributed by atoms with van der Waals surface area (Å²) in [6, 6.07) is 25.9. The molecule has 2 atom stereocenters. The number of halogens is 1. The molecule has 6 aromatic rings. The fraction of sp³-hybridized carbons (Fsp3) is 0.250. The van der Waals surface area contributed by atoms with Crippen molar-refractivity contribution in [1.82, 2.24) is 39.8 Å². The van der Waals surface area contributed by atoms with Crippen molar-refractivity contribution in [2.75, 3.05) is 30.7 Å². The van der Waals surface area contributed by atoms with Crippen LogP contribution in [0.5, 0.6) is 11.5 Å². The quantitative estimate of drug-likeness (QED) is 0.0896. The summed E-state index contributed by atoms with van der Waals surface area (Å²) in [6.07, 6.45) is 2.92. The third kappa shape index (κ3) is 8.72. The van der Waals surface area contributed by atoms with Gasteiger partial charge < -0.3 is 30.9 Å². The average Bonchev–Trinajstić information content (AvgIpc) is 3.87. The summed E-state index contributed by atoms with van der Waals surface area (Å²) in [7, 11) is 0. The number of amides is 6. The van der Waals surface area contributed by atoms with Crippen LogP contribution in [0.3, 0.4) is 0 Å². The molecule has 6 amide bonds. The summed E-state index contributed by atoms with van der Waals surface area (Å²) in [5, 5.41) is 11.7. The van der Waals surface area contributed by atoms with Crippen LogP contribution in [0, 0.1) is 6.92 Å². The number of nitrogens with zero attached hydrogens (tertiary/aromatic N) is 7. The number of hydrogen-bond donors (Lipinski definition) is 3. The molecular weight excluding hydrogens is 848 g/mol. The highest BCUT2D eigenvalue weighted by molar-refractivity contribution is 6.31. The van der Waals surface area contributed by atoms with Gasteiger partial charge in [0.15, 0.2) is 5.65 Å². The van der Waals surface area contributed by atoms with Crippen molar-refractivity contribution in [3.8, 4) is 22.8 Å². The van der Waals surface area contributed by atoms with Gasteiger partial charge in [-0.1, -0.05) is 54.6 Å². The van der Waals surface area contributed by atoms with Crippen molar-refractivity contribution in [1.29, 1.82) is 0 Å². The number of urea groups is 1. The normalized spacial score (nSPS) is 17.3. The van der Waals surface area contributed by atoms with E-state index in [1.165, 1.54) is 11.2 Å². The third-order valence-electron chi connectivity index (χ3n) is 12.1. The van der Waals surface area contributed by atoms with Gasteiger partial charge in [0.05, 0.1) is 18.0 Å². The van der Waals surface area contributed by atoms with Gasteiger partial charge in [0.25, 0.3) is 17.7 Å². The van der Waals surface area contributed by atoms with Gasteiger partial charge in [-0.2, -0.15) is 5.10 Å². The lowest BCUT2D eigenvalue weighted by atomic mass is 10.0. The van der Waals surface area contributed by atoms with Crippen LogP contribution in [0.4, 0.5) is 16.3 Å². The van der Waals surface area contributed by atoms with Crippen molar-refractivity contribution < 1.29 is 28.7 Å². The van der Waals surface area contributed by atoms with Crippen LogP contribution in [0.2, 0.25) is 5.02 Å². The Morgan fingerprint density at radius 1 is 0.954 bits per heavy atom. The minimum Gasteiger partial charge on any atom is -0.457 e. The number of anilines is 2. The van der Waals surface area contributed by atoms with Gasteiger partial charge in [0.2, 0.25) is 5.91 Å². The zero-order valence-electron chi connectivity index (χ0n) is 35.5. The number of para-hydroxylation sites is 1. The van der Waals surface area contributed by atoms with Crippen LogP contribution in [0.15, 0.2) is 109 Å². The first-order chi connectivity index (χ1) is 31.4. The van der Waals surface area contributed by atoms with E-state index in [1.54, 1.807) is 33.8 Å². The molecule has 2 fully saturated rings. The molecule has 0 bridgehead atoms. The summed E-state index contributed by atoms with van der Waals surface area (Å²) < 4.78 is 7.78. The number of nitrogens with one attached hydrogen (secondary N) is 2. The molecule has 0 aliphatic carbocycles. The lowest BCUT2D eigenvalue weighted by Gasteiger charge is -2.37. The number of likely N-dealkylation sites (tertiary alicyclic amines) is 2. The maximum Gasteiger partial charge on any atom is 0.319 e. The minimum atomic E-state index is -0.909. The Labute approximate surface area is 379 Å². The number of carbonyl (C=O) groups is 5. The number of aryl methyl sites for hydroxylation is 1. The molecule has 16 nitrogen and oxygen atoms in total. The number of ether oxygens (including phenoxy) is 1. The van der Waals surface area contributed by atoms with Gasteiger partial charge in [-0.15, -0.1) is 0 Å². The molecule has 9 rings (SSSR count). The molecule has 2 aromatic heterocycles. The second-order valence-corrected chi connectivity index (χ2v) is 16.8. The highest BCUT2D eigenvalue weighted by Crippen LogP contribution is 2.36. The predicted octanol–water partition coefficient (Wildman–Crippen LogP) is 7.04. The van der Waals surface area contributed by atoms with E-state index in [9.17, 15) is 24.0 Å². The molecule has 3 aliphatic heterocycles. The number of carbonyl (C=O) groups excluding carboxylic acids is 5. The zero-order chi connectivity index (χ0) is 45.4. The summed E-state index contributed by atoms with van der Waals surface area (Å²) in [4.78, 5) is 80.6. The van der Waals surface area contributed by atoms with Crippen molar-refractivity contribution >= 4 is 63.8 Å². The lowest BCUT2D eigenvalue weighted by molar-refractivity contribution is -0.151. The van der Waals surface area contributed by atoms with Gasteiger partial charge in [-0.25, -0.2) is 19.4 Å². The smallest absolute Gasteiger partial charge is 0.319 e. The Kier molecular flexibility index (Phi) is 11.7. The standard InChI is InChI=1S/C48H45ClN10O6/c1-28-10-14-33(22-38(28)49)54-48(64)51-23-30-11-17-37-32(21-30)25-57(46(37)62)39-18-19-40(60)58(47(39)63)24-29(2)45(61)56-20-6-7-34(26-56)59-44-41(43(50)52-27-53-44)42(55-59)31-12-15-36(16-13-31)65-35-8-4-3-5-9-35/h3-5,8-17,21-22,27,34,39H,2,6-7,18-20,23-26H2,1H3,(H2,50,52,53)(H2,51,54,64)/t34-,39?/m1/s1. The molecule has 2 saturated heterocycles. The van der Waals surface area contributed by atoms with Crippen LogP contribution in [0.1, 0.15) is 58.8 Å². The monoisotopic (exact) mass is 892 g/mol. The number of aromatic nitrogens is 4. The molecule has 0 spiro atoms. The molecule has 3 aliphatic rings. The van der Waals surface area contributed by atoms with E-state index in [1.807, 2.05) is 73.7 Å². The Morgan fingerprint density at radius 3 is 2.52 bits per heavy atom. The summed E-state index contributed by atoms with van der Waals surface area (Å²) in [5.74, 6) is -0.0720. The van der Waals surface area contributed by atoms with Crippen LogP contribution in [0.25, 0.3) is 22.3 Å². The fourth-order valence-corrected chi connectivity index (χ4v) is 8.82. The van der Waals surface area contributed by atoms with E-state index in [0.717, 1.165) is 21.6 Å². The van der Waals surface area contributed by atoms with E-state index >= 15 is 0 Å². The van der Waals surface area contributed by atoms with Gasteiger partial charge in [-0.05, 0) is 97.5 Å². The van der Waals surface area contributed by atoms with E-state index in [2.05, 4.69) is 27.2 Å². The van der Waals surface area contributed by atoms with Gasteiger partial charge in [-0.3, -0.25) is 24.1 Å². The number of fused-ring (bicyclic) bond motifs is 2. The van der Waals surface area contributed by atoms with Crippen molar-refractivity contribution in [2.24, 2.45) is 0 Å². The fourth-order valence-electron chi connectivity index (χ4n) is 8.64. The molecule has 17 heteroatoms. The third-order valence-corrected chi connectivity index (χ3v) is 12.5. The molecule has 4 N–H and O–H groups in total. The number of nitrogen functional groups attached to an aromatic ring is 1. The maximum atomic E-state index is 14.0. The number of hydrogen-bond acceptors (Lipinski definition) is 10. The largest absolute Gasteiger partial charge is 0.457 e. The predicted molar refractivity (Wildman–Crippen MR) is 244 cm³/mol. The Morgan fingerprint density at radius 2 is 1.74 bits per heavy atom. The summed E-state index contributed by atoms with van der Waals surface area (Å²) >= 11 is 6.19. The maximum absolute atomic E-state index is 14.0. The number of benzene rings is 4. The average molecular weight is 893 g/mol. The molecule has 330 valence electrons. The highest BCUT2D eigenvalue weighted by Gasteiger charge is 2.43. The van der Waals surface area contributed by atoms with Crippen LogP contribution in [-0.4, -0.2) is 89.8 Å². The molecule has 5 heterocycles. The Balaban J connectivity index is 0.838. The van der Waals surface area contributed by atoms with Crippen LogP contribution in [-0.2, 0) is 27.5 Å². The lowest BCUT2D eigenvalue weighted by Crippen LogP contribution is -2.55. The number of nitrogens with two attached hydrogens (primary N) is 1. The van der Waals surface area contributed by atoms with E-state index < -0.39 is 23.9 Å². The molecule has 1 unspecified atom stereocenters. The topological polar surface area (TPSA) is 198 Å². The molecular formula is C48H45ClN10O6. The van der Waals surface area contributed by atoms with Crippen molar-refractivity contribution in [3.05, 3.63) is 137 Å². The first-order valence-corrected chi connectivity index (χ1v) is 21.7. The molecule has 4 aromatic carbocycles. The van der Waals surface area contributed by atoms with Crippen molar-refractivity contribution in [3.63, 3.8) is 0 Å². The highest BCUT2D eigenvalue weighted by atomic mass is 35.5. The molecule has 65 heavy (non-hydrogen) atoms. The Bertz CT molecular complexity index is 2890. The minimum absolute atomic E-state index is 0.0166. The first kappa shape index (κ1) is 42.7. The number of rotatable bonds is 11. The first-order valence-electron chi connectivity index (χ1n) is 21.3. The van der Waals surface area contributed by atoms with Gasteiger partial charge in [0.1, 0.15) is 35.4 Å². The number of piperidine rings is 2. The van der Waals surface area contributed by atoms with Gasteiger partial charge >= 0.3 is 6.03 Å². The Hall–Kier alpha value is -7.59. The summed E-state index contributed by atoms with van der Waals surface area (Å²) in [5.41, 5.74) is 11.8. The van der Waals surface area contributed by atoms with E-state index in [-0.39, 0.29) is 68.3 Å². The van der Waals surface area contributed by atoms with E-state index in [0.29, 0.717) is 69.4 Å². The SMILES string of the molecule is C=C(CN1C(=O)CCC(N2Cc3cc(CNC(=O)Nc4ccc(C)c(Cl)c4)ccc3C2=O)C1=O)C(=O)N1CCC[C@@H](n2nc(-c3ccc(Oc4ccccc4)cc3)c3c(N)ncnc32)C1. The second kappa shape index (κ2) is 17.9. The second-order valence-electron chi connectivity index (χ2n) is 16.4. The zero-order valence-corrected chi connectivity index (χ0v) is 36.3. The summed E-state index contributed by atoms with van der Waals surface area (Å²) in [6.45, 7) is 6.66. The van der Waals surface area contributed by atoms with Crippen molar-refractivity contribution in [2.45, 2.75) is 57.8 Å². The number of imide groups is 1. The molecule has 0 saturated carbocycles.